The second-order valence-corrected chi connectivity index (χ2v) is 5.31. The number of amides is 2. The second kappa shape index (κ2) is 4.61. The molecule has 1 aromatic rings. The lowest BCUT2D eigenvalue weighted by atomic mass is 9.95. The Morgan fingerprint density at radius 3 is 2.61 bits per heavy atom. The van der Waals surface area contributed by atoms with Crippen molar-refractivity contribution in [3.8, 4) is 0 Å². The first-order chi connectivity index (χ1) is 8.74. The molecule has 2 aliphatic rings. The molecule has 18 heavy (non-hydrogen) atoms. The van der Waals surface area contributed by atoms with Crippen molar-refractivity contribution < 1.29 is 4.79 Å². The van der Waals surface area contributed by atoms with E-state index in [0.717, 1.165) is 19.4 Å². The predicted molar refractivity (Wildman–Crippen MR) is 70.3 cm³/mol. The molecule has 1 heterocycles. The number of nitrogens with one attached hydrogen (secondary N) is 1. The fraction of sp³-hybridized carbons (Fsp3) is 0.500. The zero-order valence-corrected chi connectivity index (χ0v) is 10.4. The summed E-state index contributed by atoms with van der Waals surface area (Å²) in [6, 6.07) is 10.7. The monoisotopic (exact) mass is 245 g/mol. The normalized spacial score (nSPS) is 27.3. The highest BCUT2D eigenvalue weighted by molar-refractivity contribution is 5.75. The van der Waals surface area contributed by atoms with Crippen LogP contribution in [0.2, 0.25) is 0 Å². The summed E-state index contributed by atoms with van der Waals surface area (Å²) in [6.45, 7) is 1.38. The van der Waals surface area contributed by atoms with Gasteiger partial charge in [0.05, 0.1) is 0 Å². The van der Waals surface area contributed by atoms with Crippen molar-refractivity contribution in [3.05, 3.63) is 35.9 Å². The van der Waals surface area contributed by atoms with Crippen LogP contribution in [0.3, 0.4) is 0 Å². The van der Waals surface area contributed by atoms with E-state index >= 15 is 0 Å². The maximum atomic E-state index is 12.0. The first-order valence-corrected chi connectivity index (χ1v) is 6.60. The smallest absolute Gasteiger partial charge is 0.317 e. The van der Waals surface area contributed by atoms with Crippen molar-refractivity contribution in [2.24, 2.45) is 5.73 Å². The molecular formula is C14H19N3O. The number of likely N-dealkylation sites (tertiary alicyclic amines) is 1. The Bertz CT molecular complexity index is 430. The Hall–Kier alpha value is -1.55. The lowest BCUT2D eigenvalue weighted by Crippen LogP contribution is -2.40. The van der Waals surface area contributed by atoms with Crippen molar-refractivity contribution in [1.82, 2.24) is 10.2 Å². The predicted octanol–water partition coefficient (Wildman–Crippen LogP) is 1.29. The standard InChI is InChI=1S/C14H19N3O/c15-13-9-17(14(18)16-11-6-7-11)8-12(13)10-4-2-1-3-5-10/h1-5,11-13H,6-9,15H2,(H,16,18). The summed E-state index contributed by atoms with van der Waals surface area (Å²) in [4.78, 5) is 13.8. The summed E-state index contributed by atoms with van der Waals surface area (Å²) < 4.78 is 0. The van der Waals surface area contributed by atoms with Crippen LogP contribution in [-0.4, -0.2) is 36.1 Å². The summed E-state index contributed by atoms with van der Waals surface area (Å²) in [6.07, 6.45) is 2.24. The van der Waals surface area contributed by atoms with Crippen LogP contribution in [0.1, 0.15) is 24.3 Å². The number of nitrogens with zero attached hydrogens (tertiary/aromatic N) is 1. The average molecular weight is 245 g/mol. The quantitative estimate of drug-likeness (QED) is 0.824. The minimum atomic E-state index is 0.0392. The van der Waals surface area contributed by atoms with E-state index in [1.54, 1.807) is 0 Å². The van der Waals surface area contributed by atoms with E-state index in [4.69, 9.17) is 5.73 Å². The third kappa shape index (κ3) is 2.34. The minimum Gasteiger partial charge on any atom is -0.335 e. The molecule has 4 heteroatoms. The Balaban J connectivity index is 1.66. The van der Waals surface area contributed by atoms with Crippen molar-refractivity contribution in [2.45, 2.75) is 30.8 Å². The summed E-state index contributed by atoms with van der Waals surface area (Å²) in [5, 5.41) is 3.02. The van der Waals surface area contributed by atoms with Gasteiger partial charge in [-0.25, -0.2) is 4.79 Å². The van der Waals surface area contributed by atoms with Crippen LogP contribution in [0, 0.1) is 0 Å². The zero-order chi connectivity index (χ0) is 12.5. The molecule has 1 aromatic carbocycles. The first-order valence-electron chi connectivity index (χ1n) is 6.60. The molecule has 2 atom stereocenters. The molecule has 0 aromatic heterocycles. The maximum Gasteiger partial charge on any atom is 0.317 e. The van der Waals surface area contributed by atoms with Gasteiger partial charge in [-0.3, -0.25) is 0 Å². The Kier molecular flexibility index (Phi) is 2.96. The van der Waals surface area contributed by atoms with Crippen molar-refractivity contribution in [2.75, 3.05) is 13.1 Å². The molecule has 4 nitrogen and oxygen atoms in total. The van der Waals surface area contributed by atoms with Gasteiger partial charge in [-0.15, -0.1) is 0 Å². The number of hydrogen-bond donors (Lipinski definition) is 2. The van der Waals surface area contributed by atoms with Gasteiger partial charge in [0.2, 0.25) is 0 Å². The van der Waals surface area contributed by atoms with Crippen molar-refractivity contribution in [1.29, 1.82) is 0 Å². The molecule has 1 aliphatic carbocycles. The first kappa shape index (κ1) is 11.5. The summed E-state index contributed by atoms with van der Waals surface area (Å²) in [7, 11) is 0. The van der Waals surface area contributed by atoms with Gasteiger partial charge in [0.15, 0.2) is 0 Å². The molecule has 0 radical (unpaired) electrons. The maximum absolute atomic E-state index is 12.0. The lowest BCUT2D eigenvalue weighted by Gasteiger charge is -2.17. The molecule has 1 saturated heterocycles. The van der Waals surface area contributed by atoms with Crippen LogP contribution in [0.5, 0.6) is 0 Å². The van der Waals surface area contributed by atoms with Gasteiger partial charge >= 0.3 is 6.03 Å². The minimum absolute atomic E-state index is 0.0392. The Morgan fingerprint density at radius 1 is 1.22 bits per heavy atom. The molecule has 2 fully saturated rings. The van der Waals surface area contributed by atoms with Crippen LogP contribution in [0.15, 0.2) is 30.3 Å². The van der Waals surface area contributed by atoms with Crippen LogP contribution < -0.4 is 11.1 Å². The molecule has 1 saturated carbocycles. The molecule has 0 bridgehead atoms. The average Bonchev–Trinajstić information content (AvgIpc) is 3.10. The zero-order valence-electron chi connectivity index (χ0n) is 10.4. The second-order valence-electron chi connectivity index (χ2n) is 5.31. The Labute approximate surface area is 107 Å². The number of carbonyl (C=O) groups excluding carboxylic acids is 1. The SMILES string of the molecule is NC1CN(C(=O)NC2CC2)CC1c1ccccc1. The molecular weight excluding hydrogens is 226 g/mol. The topological polar surface area (TPSA) is 58.4 Å². The fourth-order valence-electron chi connectivity index (χ4n) is 2.54. The molecule has 3 rings (SSSR count). The van der Waals surface area contributed by atoms with E-state index in [1.807, 2.05) is 23.1 Å². The van der Waals surface area contributed by atoms with E-state index in [0.29, 0.717) is 12.6 Å². The fourth-order valence-corrected chi connectivity index (χ4v) is 2.54. The molecule has 96 valence electrons. The van der Waals surface area contributed by atoms with E-state index < -0.39 is 0 Å². The van der Waals surface area contributed by atoms with E-state index in [1.165, 1.54) is 5.56 Å². The number of rotatable bonds is 2. The largest absolute Gasteiger partial charge is 0.335 e. The molecule has 3 N–H and O–H groups in total. The summed E-state index contributed by atoms with van der Waals surface area (Å²) in [5.41, 5.74) is 7.39. The third-order valence-electron chi connectivity index (χ3n) is 3.79. The van der Waals surface area contributed by atoms with Gasteiger partial charge in [0, 0.05) is 31.1 Å². The van der Waals surface area contributed by atoms with Gasteiger partial charge in [-0.2, -0.15) is 0 Å². The van der Waals surface area contributed by atoms with E-state index in [2.05, 4.69) is 17.4 Å². The highest BCUT2D eigenvalue weighted by Gasteiger charge is 2.35. The number of nitrogens with two attached hydrogens (primary N) is 1. The van der Waals surface area contributed by atoms with E-state index in [9.17, 15) is 4.79 Å². The molecule has 0 spiro atoms. The van der Waals surface area contributed by atoms with Crippen LogP contribution in [0.25, 0.3) is 0 Å². The summed E-state index contributed by atoms with van der Waals surface area (Å²) >= 11 is 0. The van der Waals surface area contributed by atoms with E-state index in [-0.39, 0.29) is 18.0 Å². The Morgan fingerprint density at radius 2 is 1.94 bits per heavy atom. The highest BCUT2D eigenvalue weighted by Crippen LogP contribution is 2.27. The number of hydrogen-bond acceptors (Lipinski definition) is 2. The highest BCUT2D eigenvalue weighted by atomic mass is 16.2. The molecule has 2 unspecified atom stereocenters. The molecule has 1 aliphatic heterocycles. The van der Waals surface area contributed by atoms with Crippen molar-refractivity contribution >= 4 is 6.03 Å². The third-order valence-corrected chi connectivity index (χ3v) is 3.79. The molecule has 2 amide bonds. The van der Waals surface area contributed by atoms with Gasteiger partial charge in [-0.1, -0.05) is 30.3 Å². The van der Waals surface area contributed by atoms with Crippen molar-refractivity contribution in [3.63, 3.8) is 0 Å². The lowest BCUT2D eigenvalue weighted by molar-refractivity contribution is 0.207. The summed E-state index contributed by atoms with van der Waals surface area (Å²) in [5.74, 6) is 0.260. The van der Waals surface area contributed by atoms with Gasteiger partial charge in [0.1, 0.15) is 0 Å². The van der Waals surface area contributed by atoms with Crippen LogP contribution in [-0.2, 0) is 0 Å². The van der Waals surface area contributed by atoms with Gasteiger partial charge < -0.3 is 16.0 Å². The van der Waals surface area contributed by atoms with Crippen LogP contribution >= 0.6 is 0 Å². The number of benzene rings is 1. The van der Waals surface area contributed by atoms with Gasteiger partial charge in [-0.05, 0) is 18.4 Å². The van der Waals surface area contributed by atoms with Crippen LogP contribution in [0.4, 0.5) is 4.79 Å². The van der Waals surface area contributed by atoms with Gasteiger partial charge in [0.25, 0.3) is 0 Å². The number of carbonyl (C=O) groups is 1. The number of urea groups is 1.